The Kier molecular flexibility index (Phi) is 4.12. The Hall–Kier alpha value is -1.39. The third-order valence-corrected chi connectivity index (χ3v) is 2.82. The minimum atomic E-state index is -0.318. The van der Waals surface area contributed by atoms with Crippen LogP contribution in [0.3, 0.4) is 0 Å². The quantitative estimate of drug-likeness (QED) is 0.806. The van der Waals surface area contributed by atoms with Gasteiger partial charge in [-0.3, -0.25) is 0 Å². The first-order valence-corrected chi connectivity index (χ1v) is 5.78. The monoisotopic (exact) mass is 236 g/mol. The fourth-order valence-electron chi connectivity index (χ4n) is 1.81. The third-order valence-electron chi connectivity index (χ3n) is 2.82. The highest BCUT2D eigenvalue weighted by atomic mass is 16.6. The molecule has 4 heteroatoms. The highest BCUT2D eigenvalue weighted by molar-refractivity contribution is 5.89. The molecule has 0 spiro atoms. The van der Waals surface area contributed by atoms with Gasteiger partial charge in [0, 0.05) is 0 Å². The molecule has 4 nitrogen and oxygen atoms in total. The smallest absolute Gasteiger partial charge is 0.338 e. The molecular formula is C13H16O4. The third kappa shape index (κ3) is 3.28. The van der Waals surface area contributed by atoms with E-state index in [1.165, 1.54) is 0 Å². The minimum absolute atomic E-state index is 0.0271. The van der Waals surface area contributed by atoms with Gasteiger partial charge in [0.05, 0.1) is 24.9 Å². The van der Waals surface area contributed by atoms with Gasteiger partial charge in [-0.1, -0.05) is 18.2 Å². The average Bonchev–Trinajstić information content (AvgIpc) is 2.40. The molecule has 0 aliphatic carbocycles. The molecule has 1 fully saturated rings. The molecule has 2 rings (SSSR count). The fourth-order valence-corrected chi connectivity index (χ4v) is 1.81. The number of carbonyl (C=O) groups excluding carboxylic acids is 1. The zero-order valence-electron chi connectivity index (χ0n) is 9.54. The molecule has 0 saturated carbocycles. The van der Waals surface area contributed by atoms with Gasteiger partial charge in [0.1, 0.15) is 6.10 Å². The maximum absolute atomic E-state index is 11.7. The normalized spacial score (nSPS) is 24.3. The van der Waals surface area contributed by atoms with Gasteiger partial charge in [0.15, 0.2) is 0 Å². The van der Waals surface area contributed by atoms with Crippen LogP contribution in [-0.4, -0.2) is 36.5 Å². The molecule has 1 aliphatic rings. The van der Waals surface area contributed by atoms with Gasteiger partial charge < -0.3 is 14.6 Å². The lowest BCUT2D eigenvalue weighted by Gasteiger charge is -2.27. The number of hydrogen-bond donors (Lipinski definition) is 1. The first kappa shape index (κ1) is 12.1. The second-order valence-corrected chi connectivity index (χ2v) is 4.11. The number of benzene rings is 1. The maximum atomic E-state index is 11.7. The molecule has 1 aliphatic heterocycles. The molecular weight excluding hydrogens is 220 g/mol. The summed E-state index contributed by atoms with van der Waals surface area (Å²) in [7, 11) is 0. The summed E-state index contributed by atoms with van der Waals surface area (Å²) in [4.78, 5) is 11.7. The Bertz CT molecular complexity index is 355. The number of ether oxygens (including phenoxy) is 2. The number of aliphatic hydroxyl groups is 1. The summed E-state index contributed by atoms with van der Waals surface area (Å²) in [6.07, 6.45) is 1.15. The molecule has 0 aromatic heterocycles. The van der Waals surface area contributed by atoms with E-state index < -0.39 is 0 Å². The number of esters is 1. The van der Waals surface area contributed by atoms with E-state index in [0.29, 0.717) is 12.2 Å². The van der Waals surface area contributed by atoms with E-state index >= 15 is 0 Å². The van der Waals surface area contributed by atoms with E-state index in [0.717, 1.165) is 12.8 Å². The minimum Gasteiger partial charge on any atom is -0.456 e. The first-order chi connectivity index (χ1) is 8.29. The number of carbonyl (C=O) groups is 1. The molecule has 0 unspecified atom stereocenters. The largest absolute Gasteiger partial charge is 0.456 e. The summed E-state index contributed by atoms with van der Waals surface area (Å²) in [5.41, 5.74) is 0.553. The van der Waals surface area contributed by atoms with Crippen molar-refractivity contribution in [3.05, 3.63) is 35.9 Å². The van der Waals surface area contributed by atoms with Crippen molar-refractivity contribution in [1.82, 2.24) is 0 Å². The Morgan fingerprint density at radius 2 is 2.12 bits per heavy atom. The molecule has 2 atom stereocenters. The number of hydrogen-bond acceptors (Lipinski definition) is 4. The predicted molar refractivity (Wildman–Crippen MR) is 61.7 cm³/mol. The van der Waals surface area contributed by atoms with E-state index in [9.17, 15) is 4.79 Å². The summed E-state index contributed by atoms with van der Waals surface area (Å²) >= 11 is 0. The molecule has 92 valence electrons. The molecule has 1 heterocycles. The molecule has 0 radical (unpaired) electrons. The van der Waals surface area contributed by atoms with Crippen LogP contribution in [0.25, 0.3) is 0 Å². The predicted octanol–water partition coefficient (Wildman–Crippen LogP) is 1.38. The van der Waals surface area contributed by atoms with E-state index in [2.05, 4.69) is 0 Å². The molecule has 17 heavy (non-hydrogen) atoms. The lowest BCUT2D eigenvalue weighted by molar-refractivity contribution is -0.0810. The van der Waals surface area contributed by atoms with Gasteiger partial charge in [-0.25, -0.2) is 4.79 Å². The van der Waals surface area contributed by atoms with Crippen LogP contribution < -0.4 is 0 Å². The van der Waals surface area contributed by atoms with Gasteiger partial charge >= 0.3 is 5.97 Å². The lowest BCUT2D eigenvalue weighted by atomic mass is 10.1. The number of rotatable bonds is 3. The summed E-state index contributed by atoms with van der Waals surface area (Å²) in [5, 5.41) is 8.90. The highest BCUT2D eigenvalue weighted by Gasteiger charge is 2.24. The molecule has 1 N–H and O–H groups in total. The van der Waals surface area contributed by atoms with Gasteiger partial charge in [0.2, 0.25) is 0 Å². The molecule has 0 amide bonds. The van der Waals surface area contributed by atoms with Crippen molar-refractivity contribution in [2.45, 2.75) is 25.0 Å². The van der Waals surface area contributed by atoms with Crippen LogP contribution in [0.5, 0.6) is 0 Å². The van der Waals surface area contributed by atoms with Gasteiger partial charge in [-0.2, -0.15) is 0 Å². The van der Waals surface area contributed by atoms with Crippen molar-refractivity contribution in [1.29, 1.82) is 0 Å². The van der Waals surface area contributed by atoms with Crippen LogP contribution in [0.2, 0.25) is 0 Å². The zero-order valence-corrected chi connectivity index (χ0v) is 9.54. The van der Waals surface area contributed by atoms with Crippen molar-refractivity contribution in [2.24, 2.45) is 0 Å². The van der Waals surface area contributed by atoms with Gasteiger partial charge in [0.25, 0.3) is 0 Å². The lowest BCUT2D eigenvalue weighted by Crippen LogP contribution is -2.34. The van der Waals surface area contributed by atoms with Crippen LogP contribution in [0, 0.1) is 0 Å². The van der Waals surface area contributed by atoms with Crippen LogP contribution >= 0.6 is 0 Å². The van der Waals surface area contributed by atoms with Crippen LogP contribution in [0.15, 0.2) is 30.3 Å². The van der Waals surface area contributed by atoms with Crippen LogP contribution in [0.4, 0.5) is 0 Å². The van der Waals surface area contributed by atoms with Crippen molar-refractivity contribution < 1.29 is 19.4 Å². The van der Waals surface area contributed by atoms with Crippen LogP contribution in [-0.2, 0) is 9.47 Å². The van der Waals surface area contributed by atoms with E-state index in [4.69, 9.17) is 14.6 Å². The van der Waals surface area contributed by atoms with Crippen molar-refractivity contribution in [2.75, 3.05) is 13.2 Å². The van der Waals surface area contributed by atoms with E-state index in [1.807, 2.05) is 6.07 Å². The van der Waals surface area contributed by atoms with Crippen molar-refractivity contribution in [3.8, 4) is 0 Å². The summed E-state index contributed by atoms with van der Waals surface area (Å²) in [6.45, 7) is 0.392. The number of aliphatic hydroxyl groups excluding tert-OH is 1. The topological polar surface area (TPSA) is 55.8 Å². The van der Waals surface area contributed by atoms with E-state index in [1.54, 1.807) is 24.3 Å². The molecule has 0 bridgehead atoms. The Morgan fingerprint density at radius 3 is 2.71 bits per heavy atom. The Balaban J connectivity index is 1.84. The van der Waals surface area contributed by atoms with Crippen molar-refractivity contribution >= 4 is 5.97 Å². The Morgan fingerprint density at radius 1 is 1.35 bits per heavy atom. The summed E-state index contributed by atoms with van der Waals surface area (Å²) < 4.78 is 10.7. The summed E-state index contributed by atoms with van der Waals surface area (Å²) in [6, 6.07) is 8.91. The highest BCUT2D eigenvalue weighted by Crippen LogP contribution is 2.17. The second kappa shape index (κ2) is 5.80. The fraction of sp³-hybridized carbons (Fsp3) is 0.462. The SMILES string of the molecule is O=C(O[C@H]1CC[C@@H](CO)OC1)c1ccccc1. The maximum Gasteiger partial charge on any atom is 0.338 e. The molecule has 1 aromatic carbocycles. The van der Waals surface area contributed by atoms with Gasteiger partial charge in [-0.15, -0.1) is 0 Å². The molecule has 1 saturated heterocycles. The standard InChI is InChI=1S/C13H16O4/c14-8-11-6-7-12(9-16-11)17-13(15)10-4-2-1-3-5-10/h1-5,11-12,14H,6-9H2/t11-,12-/m0/s1. The van der Waals surface area contributed by atoms with E-state index in [-0.39, 0.29) is 24.8 Å². The van der Waals surface area contributed by atoms with Gasteiger partial charge in [-0.05, 0) is 25.0 Å². The van der Waals surface area contributed by atoms with Crippen LogP contribution in [0.1, 0.15) is 23.2 Å². The Labute approximate surface area is 100 Å². The summed E-state index contributed by atoms with van der Waals surface area (Å²) in [5.74, 6) is -0.318. The first-order valence-electron chi connectivity index (χ1n) is 5.78. The zero-order chi connectivity index (χ0) is 12.1. The second-order valence-electron chi connectivity index (χ2n) is 4.11. The van der Waals surface area contributed by atoms with Crippen molar-refractivity contribution in [3.63, 3.8) is 0 Å². The molecule has 1 aromatic rings. The average molecular weight is 236 g/mol.